The minimum Gasteiger partial charge on any atom is -0.493 e. The van der Waals surface area contributed by atoms with Crippen LogP contribution in [0.15, 0.2) is 78.9 Å². The Morgan fingerprint density at radius 2 is 1.52 bits per heavy atom. The monoisotopic (exact) mass is 361 g/mol. The number of ether oxygens (including phenoxy) is 2. The predicted molar refractivity (Wildman–Crippen MR) is 112 cm³/mol. The summed E-state index contributed by atoms with van der Waals surface area (Å²) in [5.74, 6) is 1.80. The second kappa shape index (κ2) is 9.67. The van der Waals surface area contributed by atoms with E-state index in [1.807, 2.05) is 56.3 Å². The molecule has 0 bridgehead atoms. The van der Waals surface area contributed by atoms with Gasteiger partial charge in [-0.25, -0.2) is 0 Å². The van der Waals surface area contributed by atoms with E-state index in [2.05, 4.69) is 41.7 Å². The van der Waals surface area contributed by atoms with Gasteiger partial charge in [0.1, 0.15) is 11.5 Å². The van der Waals surface area contributed by atoms with Crippen LogP contribution in [0.1, 0.15) is 25.0 Å². The van der Waals surface area contributed by atoms with Crippen LogP contribution in [0.2, 0.25) is 0 Å². The van der Waals surface area contributed by atoms with Gasteiger partial charge in [0.25, 0.3) is 0 Å². The zero-order chi connectivity index (χ0) is 18.9. The van der Waals surface area contributed by atoms with Crippen molar-refractivity contribution in [2.75, 3.05) is 11.9 Å². The van der Waals surface area contributed by atoms with E-state index in [1.54, 1.807) is 0 Å². The molecule has 0 aliphatic heterocycles. The molecule has 3 nitrogen and oxygen atoms in total. The third-order valence-corrected chi connectivity index (χ3v) is 4.12. The molecule has 0 aromatic heterocycles. The minimum absolute atomic E-state index is 0.183. The molecule has 0 amide bonds. The lowest BCUT2D eigenvalue weighted by atomic mass is 10.2. The predicted octanol–water partition coefficient (Wildman–Crippen LogP) is 5.71. The number of rotatable bonds is 9. The van der Waals surface area contributed by atoms with Crippen LogP contribution in [0.5, 0.6) is 11.5 Å². The van der Waals surface area contributed by atoms with Crippen molar-refractivity contribution in [3.63, 3.8) is 0 Å². The van der Waals surface area contributed by atoms with E-state index in [9.17, 15) is 0 Å². The molecule has 0 heterocycles. The molecule has 3 aromatic carbocycles. The largest absolute Gasteiger partial charge is 0.493 e. The molecule has 3 rings (SSSR count). The van der Waals surface area contributed by atoms with E-state index in [1.165, 1.54) is 11.1 Å². The summed E-state index contributed by atoms with van der Waals surface area (Å²) in [6.07, 6.45) is 1.10. The molecule has 0 unspecified atom stereocenters. The summed E-state index contributed by atoms with van der Waals surface area (Å²) in [6.45, 7) is 5.51. The number of nitrogens with one attached hydrogen (secondary N) is 1. The van der Waals surface area contributed by atoms with Crippen molar-refractivity contribution in [2.24, 2.45) is 0 Å². The highest BCUT2D eigenvalue weighted by Gasteiger charge is 2.01. The topological polar surface area (TPSA) is 30.5 Å². The van der Waals surface area contributed by atoms with Crippen molar-refractivity contribution in [1.29, 1.82) is 0 Å². The molecule has 27 heavy (non-hydrogen) atoms. The van der Waals surface area contributed by atoms with Crippen molar-refractivity contribution in [2.45, 2.75) is 32.9 Å². The van der Waals surface area contributed by atoms with Crippen LogP contribution in [0, 0.1) is 0 Å². The number of benzene rings is 3. The molecular formula is C24H27NO2. The molecule has 3 aromatic rings. The van der Waals surface area contributed by atoms with Gasteiger partial charge in [0.2, 0.25) is 0 Å². The molecule has 0 radical (unpaired) electrons. The highest BCUT2D eigenvalue weighted by atomic mass is 16.5. The summed E-state index contributed by atoms with van der Waals surface area (Å²) in [5, 5.41) is 3.44. The summed E-state index contributed by atoms with van der Waals surface area (Å²) >= 11 is 0. The molecule has 140 valence electrons. The molecule has 0 saturated carbocycles. The highest BCUT2D eigenvalue weighted by Crippen LogP contribution is 2.19. The first kappa shape index (κ1) is 18.8. The summed E-state index contributed by atoms with van der Waals surface area (Å²) in [5.41, 5.74) is 3.55. The van der Waals surface area contributed by atoms with Crippen LogP contribution in [-0.2, 0) is 13.0 Å². The average molecular weight is 361 g/mol. The minimum atomic E-state index is 0.183. The molecule has 0 aliphatic carbocycles. The average Bonchev–Trinajstić information content (AvgIpc) is 2.68. The van der Waals surface area contributed by atoms with Crippen molar-refractivity contribution in [1.82, 2.24) is 0 Å². The molecule has 0 fully saturated rings. The lowest BCUT2D eigenvalue weighted by Crippen LogP contribution is -2.06. The van der Waals surface area contributed by atoms with Gasteiger partial charge in [0.15, 0.2) is 0 Å². The fourth-order valence-electron chi connectivity index (χ4n) is 2.81. The van der Waals surface area contributed by atoms with Crippen LogP contribution in [0.4, 0.5) is 5.69 Å². The number of anilines is 1. The van der Waals surface area contributed by atoms with E-state index in [-0.39, 0.29) is 6.10 Å². The number of hydrogen-bond acceptors (Lipinski definition) is 3. The van der Waals surface area contributed by atoms with Crippen LogP contribution < -0.4 is 14.8 Å². The Hall–Kier alpha value is -2.94. The Morgan fingerprint density at radius 1 is 0.778 bits per heavy atom. The Bertz CT molecular complexity index is 813. The SMILES string of the molecule is CC(C)Oc1cccc(CNc2ccc(OCCc3ccccc3)cc2)c1. The Morgan fingerprint density at radius 3 is 2.26 bits per heavy atom. The second-order valence-corrected chi connectivity index (χ2v) is 6.78. The first-order valence-electron chi connectivity index (χ1n) is 9.45. The van der Waals surface area contributed by atoms with Crippen LogP contribution in [0.25, 0.3) is 0 Å². The summed E-state index contributed by atoms with van der Waals surface area (Å²) in [4.78, 5) is 0. The zero-order valence-electron chi connectivity index (χ0n) is 16.0. The van der Waals surface area contributed by atoms with Crippen molar-refractivity contribution >= 4 is 5.69 Å². The van der Waals surface area contributed by atoms with Crippen LogP contribution in [-0.4, -0.2) is 12.7 Å². The summed E-state index contributed by atoms with van der Waals surface area (Å²) < 4.78 is 11.6. The Labute approximate surface area is 162 Å². The first-order valence-corrected chi connectivity index (χ1v) is 9.45. The molecule has 3 heteroatoms. The second-order valence-electron chi connectivity index (χ2n) is 6.78. The van der Waals surface area contributed by atoms with Crippen LogP contribution >= 0.6 is 0 Å². The maximum Gasteiger partial charge on any atom is 0.120 e. The van der Waals surface area contributed by atoms with E-state index in [0.29, 0.717) is 6.61 Å². The molecular weight excluding hydrogens is 334 g/mol. The summed E-state index contributed by atoms with van der Waals surface area (Å²) in [6, 6.07) is 26.7. The van der Waals surface area contributed by atoms with Gasteiger partial charge in [0.05, 0.1) is 12.7 Å². The highest BCUT2D eigenvalue weighted by molar-refractivity contribution is 5.47. The van der Waals surface area contributed by atoms with Gasteiger partial charge >= 0.3 is 0 Å². The smallest absolute Gasteiger partial charge is 0.120 e. The van der Waals surface area contributed by atoms with E-state index >= 15 is 0 Å². The standard InChI is InChI=1S/C24H27NO2/c1-19(2)27-24-10-6-9-21(17-24)18-25-22-11-13-23(14-12-22)26-16-15-20-7-4-3-5-8-20/h3-14,17,19,25H,15-16,18H2,1-2H3. The van der Waals surface area contributed by atoms with E-state index in [0.717, 1.165) is 30.2 Å². The van der Waals surface area contributed by atoms with Gasteiger partial charge in [0, 0.05) is 18.7 Å². The fraction of sp³-hybridized carbons (Fsp3) is 0.250. The van der Waals surface area contributed by atoms with Crippen molar-refractivity contribution in [3.8, 4) is 11.5 Å². The molecule has 0 aliphatic rings. The quantitative estimate of drug-likeness (QED) is 0.530. The Balaban J connectivity index is 1.46. The normalized spacial score (nSPS) is 10.6. The van der Waals surface area contributed by atoms with E-state index < -0.39 is 0 Å². The third kappa shape index (κ3) is 6.37. The molecule has 1 N–H and O–H groups in total. The maximum atomic E-state index is 5.84. The third-order valence-electron chi connectivity index (χ3n) is 4.12. The zero-order valence-corrected chi connectivity index (χ0v) is 16.0. The van der Waals surface area contributed by atoms with Crippen molar-refractivity contribution in [3.05, 3.63) is 90.0 Å². The van der Waals surface area contributed by atoms with Crippen LogP contribution in [0.3, 0.4) is 0 Å². The first-order chi connectivity index (χ1) is 13.2. The fourth-order valence-corrected chi connectivity index (χ4v) is 2.81. The van der Waals surface area contributed by atoms with Gasteiger partial charge in [-0.05, 0) is 61.4 Å². The molecule has 0 atom stereocenters. The Kier molecular flexibility index (Phi) is 6.75. The lowest BCUT2D eigenvalue weighted by Gasteiger charge is -2.12. The number of hydrogen-bond donors (Lipinski definition) is 1. The van der Waals surface area contributed by atoms with Crippen molar-refractivity contribution < 1.29 is 9.47 Å². The maximum absolute atomic E-state index is 5.84. The lowest BCUT2D eigenvalue weighted by molar-refractivity contribution is 0.242. The summed E-state index contributed by atoms with van der Waals surface area (Å²) in [7, 11) is 0. The van der Waals surface area contributed by atoms with E-state index in [4.69, 9.17) is 9.47 Å². The van der Waals surface area contributed by atoms with Gasteiger partial charge < -0.3 is 14.8 Å². The van der Waals surface area contributed by atoms with Gasteiger partial charge in [-0.15, -0.1) is 0 Å². The molecule has 0 saturated heterocycles. The van der Waals surface area contributed by atoms with Gasteiger partial charge in [-0.1, -0.05) is 42.5 Å². The van der Waals surface area contributed by atoms with Gasteiger partial charge in [-0.2, -0.15) is 0 Å². The molecule has 0 spiro atoms. The van der Waals surface area contributed by atoms with Gasteiger partial charge in [-0.3, -0.25) is 0 Å².